The monoisotopic (exact) mass is 155 g/mol. The lowest BCUT2D eigenvalue weighted by atomic mass is 10.4. The van der Waals surface area contributed by atoms with Crippen molar-refractivity contribution in [3.63, 3.8) is 0 Å². The van der Waals surface area contributed by atoms with Crippen LogP contribution in [0.2, 0.25) is 0 Å². The molecule has 0 spiro atoms. The Morgan fingerprint density at radius 2 is 2.36 bits per heavy atom. The van der Waals surface area contributed by atoms with Crippen molar-refractivity contribution in [2.24, 2.45) is 0 Å². The van der Waals surface area contributed by atoms with Crippen LogP contribution in [0.15, 0.2) is 16.9 Å². The maximum absolute atomic E-state index is 10.6. The van der Waals surface area contributed by atoms with Gasteiger partial charge in [0.1, 0.15) is 0 Å². The molecule has 1 rings (SSSR count). The van der Waals surface area contributed by atoms with Crippen molar-refractivity contribution < 1.29 is 10.0 Å². The van der Waals surface area contributed by atoms with E-state index >= 15 is 0 Å². The van der Waals surface area contributed by atoms with E-state index in [1.54, 1.807) is 0 Å². The molecule has 1 aromatic heterocycles. The van der Waals surface area contributed by atoms with Crippen molar-refractivity contribution in [1.29, 1.82) is 0 Å². The first kappa shape index (κ1) is 7.42. The van der Waals surface area contributed by atoms with Gasteiger partial charge < -0.3 is 0 Å². The first-order valence-corrected chi connectivity index (χ1v) is 2.74. The van der Waals surface area contributed by atoms with Gasteiger partial charge in [-0.25, -0.2) is 10.6 Å². The van der Waals surface area contributed by atoms with Gasteiger partial charge in [-0.15, -0.1) is 0 Å². The molecule has 0 unspecified atom stereocenters. The molecule has 6 heteroatoms. The quantitative estimate of drug-likeness (QED) is 0.354. The Hall–Kier alpha value is -1.69. The maximum Gasteiger partial charge on any atom is 0.295 e. The van der Waals surface area contributed by atoms with Crippen LogP contribution >= 0.6 is 0 Å². The number of aromatic nitrogens is 2. The number of hydroxylamine groups is 1. The van der Waals surface area contributed by atoms with Crippen molar-refractivity contribution in [3.05, 3.63) is 28.2 Å². The molecule has 1 heterocycles. The molecule has 0 aliphatic heterocycles. The zero-order valence-corrected chi connectivity index (χ0v) is 5.37. The van der Waals surface area contributed by atoms with E-state index in [1.807, 2.05) is 5.10 Å². The molecule has 0 radical (unpaired) electrons. The molecular weight excluding hydrogens is 150 g/mol. The summed E-state index contributed by atoms with van der Waals surface area (Å²) in [5, 5.41) is 13.5. The number of nitrogens with zero attached hydrogens (tertiary/aromatic N) is 1. The maximum atomic E-state index is 10.6. The van der Waals surface area contributed by atoms with Gasteiger partial charge in [-0.3, -0.25) is 14.8 Å². The highest BCUT2D eigenvalue weighted by molar-refractivity contribution is 5.90. The fourth-order valence-electron chi connectivity index (χ4n) is 0.528. The normalized spacial score (nSPS) is 9.18. The van der Waals surface area contributed by atoms with E-state index in [1.165, 1.54) is 11.5 Å². The van der Waals surface area contributed by atoms with Gasteiger partial charge in [0, 0.05) is 6.07 Å². The van der Waals surface area contributed by atoms with E-state index in [4.69, 9.17) is 5.21 Å². The molecule has 0 bridgehead atoms. The van der Waals surface area contributed by atoms with E-state index in [-0.39, 0.29) is 5.69 Å². The second kappa shape index (κ2) is 2.93. The topological polar surface area (TPSA) is 95.1 Å². The number of hydrogen-bond donors (Lipinski definition) is 3. The summed E-state index contributed by atoms with van der Waals surface area (Å²) in [7, 11) is 0. The Kier molecular flexibility index (Phi) is 1.98. The van der Waals surface area contributed by atoms with Crippen LogP contribution < -0.4 is 11.0 Å². The summed E-state index contributed by atoms with van der Waals surface area (Å²) in [5.41, 5.74) is 0.925. The molecule has 6 nitrogen and oxygen atoms in total. The molecule has 1 amide bonds. The highest BCUT2D eigenvalue weighted by Gasteiger charge is 2.03. The minimum Gasteiger partial charge on any atom is -0.288 e. The predicted octanol–water partition coefficient (Wildman–Crippen LogP) is -1.11. The number of carbonyl (C=O) groups is 1. The number of hydrogen-bond acceptors (Lipinski definition) is 4. The summed E-state index contributed by atoms with van der Waals surface area (Å²) in [6.07, 6.45) is 0. The van der Waals surface area contributed by atoms with Crippen molar-refractivity contribution >= 4 is 5.91 Å². The fraction of sp³-hybridized carbons (Fsp3) is 0. The number of H-pyrrole nitrogens is 1. The molecule has 0 saturated carbocycles. The lowest BCUT2D eigenvalue weighted by Gasteiger charge is -1.93. The van der Waals surface area contributed by atoms with Crippen LogP contribution in [0.1, 0.15) is 10.5 Å². The summed E-state index contributed by atoms with van der Waals surface area (Å²) in [5.74, 6) is -0.763. The highest BCUT2D eigenvalue weighted by Crippen LogP contribution is 1.85. The van der Waals surface area contributed by atoms with Crippen LogP contribution in [0.4, 0.5) is 0 Å². The number of amides is 1. The molecule has 0 atom stereocenters. The number of rotatable bonds is 1. The van der Waals surface area contributed by atoms with Gasteiger partial charge in [0.05, 0.1) is 0 Å². The summed E-state index contributed by atoms with van der Waals surface area (Å²) in [4.78, 5) is 21.0. The molecule has 0 aliphatic rings. The van der Waals surface area contributed by atoms with Crippen LogP contribution in [0.25, 0.3) is 0 Å². The average molecular weight is 155 g/mol. The lowest BCUT2D eigenvalue weighted by Crippen LogP contribution is -2.22. The molecule has 0 aliphatic carbocycles. The first-order valence-electron chi connectivity index (χ1n) is 2.74. The van der Waals surface area contributed by atoms with Crippen molar-refractivity contribution in [2.45, 2.75) is 0 Å². The summed E-state index contributed by atoms with van der Waals surface area (Å²) >= 11 is 0. The van der Waals surface area contributed by atoms with E-state index < -0.39 is 11.5 Å². The standard InChI is InChI=1S/C5H5N3O3/c9-4-2-1-3(6-7-4)5(10)8-11/h1-2,11H,(H,7,9)(H,8,10). The van der Waals surface area contributed by atoms with Crippen LogP contribution in [0.3, 0.4) is 0 Å². The minimum atomic E-state index is -0.763. The van der Waals surface area contributed by atoms with Crippen LogP contribution in [0.5, 0.6) is 0 Å². The average Bonchev–Trinajstić information content (AvgIpc) is 2.05. The Balaban J connectivity index is 2.99. The second-order valence-corrected chi connectivity index (χ2v) is 1.75. The third kappa shape index (κ3) is 1.62. The van der Waals surface area contributed by atoms with Crippen LogP contribution in [-0.4, -0.2) is 21.3 Å². The molecule has 3 N–H and O–H groups in total. The SMILES string of the molecule is O=C(NO)c1ccc(=O)[nH]n1. The Morgan fingerprint density at radius 3 is 2.82 bits per heavy atom. The Morgan fingerprint density at radius 1 is 1.64 bits per heavy atom. The molecule has 11 heavy (non-hydrogen) atoms. The predicted molar refractivity (Wildman–Crippen MR) is 34.1 cm³/mol. The molecule has 0 fully saturated rings. The van der Waals surface area contributed by atoms with Gasteiger partial charge in [-0.1, -0.05) is 0 Å². The number of nitrogens with one attached hydrogen (secondary N) is 2. The van der Waals surface area contributed by atoms with Crippen LogP contribution in [-0.2, 0) is 0 Å². The van der Waals surface area contributed by atoms with Crippen molar-refractivity contribution in [3.8, 4) is 0 Å². The summed E-state index contributed by atoms with van der Waals surface area (Å²) in [6.45, 7) is 0. The number of carbonyl (C=O) groups excluding carboxylic acids is 1. The van der Waals surface area contributed by atoms with Gasteiger partial charge in [-0.05, 0) is 6.07 Å². The van der Waals surface area contributed by atoms with Crippen molar-refractivity contribution in [2.75, 3.05) is 0 Å². The van der Waals surface area contributed by atoms with E-state index in [0.29, 0.717) is 0 Å². The highest BCUT2D eigenvalue weighted by atomic mass is 16.5. The Labute approximate surface area is 60.8 Å². The summed E-state index contributed by atoms with van der Waals surface area (Å²) < 4.78 is 0. The number of aromatic amines is 1. The fourth-order valence-corrected chi connectivity index (χ4v) is 0.528. The molecule has 1 aromatic rings. The summed E-state index contributed by atoms with van der Waals surface area (Å²) in [6, 6.07) is 2.34. The first-order chi connectivity index (χ1) is 5.24. The third-order valence-electron chi connectivity index (χ3n) is 1.01. The lowest BCUT2D eigenvalue weighted by molar-refractivity contribution is 0.0699. The van der Waals surface area contributed by atoms with Crippen LogP contribution in [0, 0.1) is 0 Å². The van der Waals surface area contributed by atoms with E-state index in [2.05, 4.69) is 5.10 Å². The van der Waals surface area contributed by atoms with E-state index in [9.17, 15) is 9.59 Å². The molecule has 0 saturated heterocycles. The zero-order valence-electron chi connectivity index (χ0n) is 5.37. The van der Waals surface area contributed by atoms with Gasteiger partial charge >= 0.3 is 0 Å². The molecule has 58 valence electrons. The Bertz CT molecular complexity index is 298. The van der Waals surface area contributed by atoms with Gasteiger partial charge in [0.25, 0.3) is 11.5 Å². The van der Waals surface area contributed by atoms with E-state index in [0.717, 1.165) is 6.07 Å². The molecular formula is C5H5N3O3. The zero-order chi connectivity index (χ0) is 8.27. The third-order valence-corrected chi connectivity index (χ3v) is 1.01. The van der Waals surface area contributed by atoms with Gasteiger partial charge in [0.15, 0.2) is 5.69 Å². The largest absolute Gasteiger partial charge is 0.295 e. The van der Waals surface area contributed by atoms with Gasteiger partial charge in [0.2, 0.25) is 0 Å². The minimum absolute atomic E-state index is 0.0490. The van der Waals surface area contributed by atoms with Crippen molar-refractivity contribution in [1.82, 2.24) is 15.7 Å². The second-order valence-electron chi connectivity index (χ2n) is 1.75. The van der Waals surface area contributed by atoms with Gasteiger partial charge in [-0.2, -0.15) is 5.10 Å². The molecule has 0 aromatic carbocycles. The smallest absolute Gasteiger partial charge is 0.288 e.